The summed E-state index contributed by atoms with van der Waals surface area (Å²) in [5, 5.41) is 0. The molecule has 0 saturated heterocycles. The summed E-state index contributed by atoms with van der Waals surface area (Å²) in [6.45, 7) is 0. The van der Waals surface area contributed by atoms with Gasteiger partial charge in [-0.1, -0.05) is 6.07 Å². The van der Waals surface area contributed by atoms with Crippen LogP contribution in [0, 0.1) is 0 Å². The van der Waals surface area contributed by atoms with Gasteiger partial charge in [-0.3, -0.25) is 14.6 Å². The van der Waals surface area contributed by atoms with E-state index in [1.54, 1.807) is 18.3 Å². The highest BCUT2D eigenvalue weighted by Crippen LogP contribution is 2.26. The Hall–Kier alpha value is -1.51. The van der Waals surface area contributed by atoms with Crippen LogP contribution in [0.5, 0.6) is 0 Å². The number of nitrogens with zero attached hydrogens (tertiary/aromatic N) is 1. The molecule has 1 aliphatic rings. The standard InChI is InChI=1S/C11H11NO2/c13-10-6-3-4-8(11(10)14)9-5-1-2-7-12-9/h1-2,5,7-8H,3-4,6H2. The van der Waals surface area contributed by atoms with Crippen LogP contribution in [0.25, 0.3) is 0 Å². The van der Waals surface area contributed by atoms with Crippen LogP contribution in [0.1, 0.15) is 30.9 Å². The zero-order valence-electron chi connectivity index (χ0n) is 7.77. The summed E-state index contributed by atoms with van der Waals surface area (Å²) in [5.41, 5.74) is 0.727. The summed E-state index contributed by atoms with van der Waals surface area (Å²) in [5.74, 6) is -0.806. The third kappa shape index (κ3) is 1.58. The Balaban J connectivity index is 2.26. The number of ketones is 2. The molecule has 0 aliphatic heterocycles. The second kappa shape index (κ2) is 3.70. The van der Waals surface area contributed by atoms with E-state index >= 15 is 0 Å². The summed E-state index contributed by atoms with van der Waals surface area (Å²) in [6.07, 6.45) is 3.61. The fourth-order valence-electron chi connectivity index (χ4n) is 1.78. The molecule has 1 fully saturated rings. The van der Waals surface area contributed by atoms with E-state index in [0.29, 0.717) is 6.42 Å². The fourth-order valence-corrected chi connectivity index (χ4v) is 1.78. The first kappa shape index (κ1) is 9.06. The van der Waals surface area contributed by atoms with Crippen molar-refractivity contribution in [2.24, 2.45) is 0 Å². The molecule has 0 radical (unpaired) electrons. The van der Waals surface area contributed by atoms with Crippen LogP contribution < -0.4 is 0 Å². The molecule has 3 nitrogen and oxygen atoms in total. The molecule has 2 rings (SSSR count). The molecule has 14 heavy (non-hydrogen) atoms. The molecule has 3 heteroatoms. The topological polar surface area (TPSA) is 47.0 Å². The van der Waals surface area contributed by atoms with Gasteiger partial charge in [0, 0.05) is 12.6 Å². The van der Waals surface area contributed by atoms with Crippen molar-refractivity contribution in [3.63, 3.8) is 0 Å². The molecule has 1 heterocycles. The third-order valence-corrected chi connectivity index (χ3v) is 2.53. The summed E-state index contributed by atoms with van der Waals surface area (Å²) in [6, 6.07) is 5.45. The van der Waals surface area contributed by atoms with Gasteiger partial charge in [0.2, 0.25) is 5.78 Å². The fraction of sp³-hybridized carbons (Fsp3) is 0.364. The SMILES string of the molecule is O=C1CCCC(c2ccccn2)C1=O. The van der Waals surface area contributed by atoms with Crippen LogP contribution in [0.15, 0.2) is 24.4 Å². The largest absolute Gasteiger partial charge is 0.291 e. The average Bonchev–Trinajstić information content (AvgIpc) is 2.23. The van der Waals surface area contributed by atoms with Crippen molar-refractivity contribution in [3.8, 4) is 0 Å². The lowest BCUT2D eigenvalue weighted by Crippen LogP contribution is -2.27. The molecular formula is C11H11NO2. The molecule has 0 bridgehead atoms. The molecule has 0 amide bonds. The minimum Gasteiger partial charge on any atom is -0.291 e. The highest BCUT2D eigenvalue weighted by atomic mass is 16.2. The normalized spacial score (nSPS) is 22.4. The predicted octanol–water partition coefficient (Wildman–Crippen LogP) is 1.49. The first-order chi connectivity index (χ1) is 6.79. The van der Waals surface area contributed by atoms with E-state index in [2.05, 4.69) is 4.98 Å². The van der Waals surface area contributed by atoms with Crippen molar-refractivity contribution < 1.29 is 9.59 Å². The van der Waals surface area contributed by atoms with Crippen molar-refractivity contribution in [1.29, 1.82) is 0 Å². The summed E-state index contributed by atoms with van der Waals surface area (Å²) < 4.78 is 0. The summed E-state index contributed by atoms with van der Waals surface area (Å²) in [7, 11) is 0. The number of carbonyl (C=O) groups is 2. The minimum absolute atomic E-state index is 0.244. The molecule has 0 aromatic carbocycles. The molecule has 1 saturated carbocycles. The van der Waals surface area contributed by atoms with Gasteiger partial charge in [-0.15, -0.1) is 0 Å². The maximum absolute atomic E-state index is 11.5. The van der Waals surface area contributed by atoms with Gasteiger partial charge >= 0.3 is 0 Å². The third-order valence-electron chi connectivity index (χ3n) is 2.53. The quantitative estimate of drug-likeness (QED) is 0.629. The van der Waals surface area contributed by atoms with Crippen LogP contribution in [0.2, 0.25) is 0 Å². The lowest BCUT2D eigenvalue weighted by molar-refractivity contribution is -0.139. The zero-order chi connectivity index (χ0) is 9.97. The van der Waals surface area contributed by atoms with E-state index in [-0.39, 0.29) is 17.5 Å². The first-order valence-electron chi connectivity index (χ1n) is 4.77. The van der Waals surface area contributed by atoms with Crippen molar-refractivity contribution in [3.05, 3.63) is 30.1 Å². The Morgan fingerprint density at radius 2 is 2.14 bits per heavy atom. The molecule has 72 valence electrons. The molecule has 0 N–H and O–H groups in total. The smallest absolute Gasteiger partial charge is 0.207 e. The van der Waals surface area contributed by atoms with Gasteiger partial charge in [0.1, 0.15) is 0 Å². The van der Waals surface area contributed by atoms with Crippen molar-refractivity contribution >= 4 is 11.6 Å². The number of hydrogen-bond donors (Lipinski definition) is 0. The number of Topliss-reactive ketones (excluding diaryl/α,β-unsaturated/α-hetero) is 2. The Morgan fingerprint density at radius 3 is 2.86 bits per heavy atom. The number of aromatic nitrogens is 1. The Labute approximate surface area is 82.2 Å². The molecule has 1 aliphatic carbocycles. The molecule has 1 atom stereocenters. The maximum atomic E-state index is 11.5. The second-order valence-electron chi connectivity index (χ2n) is 3.49. The first-order valence-corrected chi connectivity index (χ1v) is 4.77. The lowest BCUT2D eigenvalue weighted by Gasteiger charge is -2.18. The second-order valence-corrected chi connectivity index (χ2v) is 3.49. The summed E-state index contributed by atoms with van der Waals surface area (Å²) in [4.78, 5) is 26.9. The van der Waals surface area contributed by atoms with Crippen LogP contribution in [0.4, 0.5) is 0 Å². The van der Waals surface area contributed by atoms with Gasteiger partial charge in [-0.2, -0.15) is 0 Å². The molecular weight excluding hydrogens is 178 g/mol. The van der Waals surface area contributed by atoms with E-state index in [4.69, 9.17) is 0 Å². The van der Waals surface area contributed by atoms with Crippen LogP contribution >= 0.6 is 0 Å². The van der Waals surface area contributed by atoms with E-state index < -0.39 is 0 Å². The maximum Gasteiger partial charge on any atom is 0.207 e. The predicted molar refractivity (Wildman–Crippen MR) is 50.8 cm³/mol. The van der Waals surface area contributed by atoms with Gasteiger partial charge in [-0.25, -0.2) is 0 Å². The molecule has 1 unspecified atom stereocenters. The van der Waals surface area contributed by atoms with Gasteiger partial charge in [0.25, 0.3) is 0 Å². The number of rotatable bonds is 1. The Bertz CT molecular complexity index is 359. The number of carbonyl (C=O) groups excluding carboxylic acids is 2. The van der Waals surface area contributed by atoms with E-state index in [0.717, 1.165) is 18.5 Å². The van der Waals surface area contributed by atoms with Gasteiger partial charge in [0.05, 0.1) is 11.6 Å². The van der Waals surface area contributed by atoms with E-state index in [1.807, 2.05) is 6.07 Å². The van der Waals surface area contributed by atoms with Crippen LogP contribution in [-0.2, 0) is 9.59 Å². The van der Waals surface area contributed by atoms with E-state index in [1.165, 1.54) is 0 Å². The van der Waals surface area contributed by atoms with E-state index in [9.17, 15) is 9.59 Å². The highest BCUT2D eigenvalue weighted by molar-refractivity contribution is 6.39. The highest BCUT2D eigenvalue weighted by Gasteiger charge is 2.30. The number of hydrogen-bond acceptors (Lipinski definition) is 3. The lowest BCUT2D eigenvalue weighted by atomic mass is 9.84. The molecule has 1 aromatic rings. The molecule has 0 spiro atoms. The van der Waals surface area contributed by atoms with Crippen LogP contribution in [-0.4, -0.2) is 16.6 Å². The van der Waals surface area contributed by atoms with Gasteiger partial charge < -0.3 is 0 Å². The minimum atomic E-state index is -0.294. The Morgan fingerprint density at radius 1 is 1.29 bits per heavy atom. The Kier molecular flexibility index (Phi) is 2.39. The van der Waals surface area contributed by atoms with Crippen molar-refractivity contribution in [2.45, 2.75) is 25.2 Å². The zero-order valence-corrected chi connectivity index (χ0v) is 7.77. The van der Waals surface area contributed by atoms with Crippen molar-refractivity contribution in [2.75, 3.05) is 0 Å². The van der Waals surface area contributed by atoms with Crippen molar-refractivity contribution in [1.82, 2.24) is 4.98 Å². The monoisotopic (exact) mass is 189 g/mol. The number of pyridine rings is 1. The summed E-state index contributed by atoms with van der Waals surface area (Å²) >= 11 is 0. The average molecular weight is 189 g/mol. The van der Waals surface area contributed by atoms with Crippen LogP contribution in [0.3, 0.4) is 0 Å². The van der Waals surface area contributed by atoms with Gasteiger partial charge in [-0.05, 0) is 25.0 Å². The molecule has 1 aromatic heterocycles. The van der Waals surface area contributed by atoms with Gasteiger partial charge in [0.15, 0.2) is 5.78 Å².